The van der Waals surface area contributed by atoms with Gasteiger partial charge in [0.1, 0.15) is 5.82 Å². The van der Waals surface area contributed by atoms with Crippen LogP contribution in [-0.2, 0) is 0 Å². The van der Waals surface area contributed by atoms with Crippen molar-refractivity contribution in [3.8, 4) is 17.1 Å². The summed E-state index contributed by atoms with van der Waals surface area (Å²) in [4.78, 5) is 17.2. The van der Waals surface area contributed by atoms with E-state index in [0.29, 0.717) is 33.4 Å². The maximum absolute atomic E-state index is 13.3. The van der Waals surface area contributed by atoms with Crippen LogP contribution in [0.5, 0.6) is 0 Å². The zero-order chi connectivity index (χ0) is 21.3. The summed E-state index contributed by atoms with van der Waals surface area (Å²) in [5.41, 5.74) is 2.43. The first-order chi connectivity index (χ1) is 14.4. The van der Waals surface area contributed by atoms with Gasteiger partial charge in [0.05, 0.1) is 28.2 Å². The second-order valence-electron chi connectivity index (χ2n) is 6.93. The average Bonchev–Trinajstić information content (AvgIpc) is 3.36. The summed E-state index contributed by atoms with van der Waals surface area (Å²) in [7, 11) is 0. The van der Waals surface area contributed by atoms with Crippen molar-refractivity contribution in [1.29, 1.82) is 0 Å². The van der Waals surface area contributed by atoms with E-state index >= 15 is 0 Å². The van der Waals surface area contributed by atoms with Gasteiger partial charge in [0.2, 0.25) is 5.95 Å². The van der Waals surface area contributed by atoms with Gasteiger partial charge in [0, 0.05) is 5.56 Å². The van der Waals surface area contributed by atoms with Crippen LogP contribution < -0.4 is 5.32 Å². The van der Waals surface area contributed by atoms with E-state index in [1.54, 1.807) is 28.9 Å². The second kappa shape index (κ2) is 8.08. The topological polar surface area (TPSA) is 88.5 Å². The van der Waals surface area contributed by atoms with Crippen LogP contribution >= 0.6 is 11.6 Å². The largest absolute Gasteiger partial charge is 0.289 e. The van der Waals surface area contributed by atoms with E-state index in [1.165, 1.54) is 18.3 Å². The molecule has 1 amide bonds. The molecule has 0 aliphatic rings. The normalized spacial score (nSPS) is 11.1. The third kappa shape index (κ3) is 3.81. The first-order valence-electron chi connectivity index (χ1n) is 9.26. The van der Waals surface area contributed by atoms with Gasteiger partial charge in [-0.25, -0.2) is 9.07 Å². The lowest BCUT2D eigenvalue weighted by Crippen LogP contribution is -2.16. The Labute approximate surface area is 176 Å². The highest BCUT2D eigenvalue weighted by molar-refractivity contribution is 6.33. The number of aromatic amines is 1. The SMILES string of the molecule is CC(C)c1c(C(=O)Nc2n[nH]c(-c3ccccc3Cl)n2)cnn1-c1ccc(F)cc1. The van der Waals surface area contributed by atoms with Gasteiger partial charge in [0.15, 0.2) is 5.82 Å². The van der Waals surface area contributed by atoms with E-state index in [4.69, 9.17) is 11.6 Å². The highest BCUT2D eigenvalue weighted by Gasteiger charge is 2.22. The zero-order valence-corrected chi connectivity index (χ0v) is 17.0. The van der Waals surface area contributed by atoms with Gasteiger partial charge in [-0.15, -0.1) is 5.10 Å². The molecule has 0 saturated heterocycles. The van der Waals surface area contributed by atoms with Crippen molar-refractivity contribution in [3.63, 3.8) is 0 Å². The molecular formula is C21H18ClFN6O. The highest BCUT2D eigenvalue weighted by atomic mass is 35.5. The van der Waals surface area contributed by atoms with Crippen LogP contribution in [0.3, 0.4) is 0 Å². The van der Waals surface area contributed by atoms with E-state index in [-0.39, 0.29) is 17.7 Å². The molecule has 0 saturated carbocycles. The molecule has 0 radical (unpaired) electrons. The second-order valence-corrected chi connectivity index (χ2v) is 7.34. The number of H-pyrrole nitrogens is 1. The summed E-state index contributed by atoms with van der Waals surface area (Å²) in [5, 5.41) is 14.4. The van der Waals surface area contributed by atoms with Gasteiger partial charge in [0.25, 0.3) is 5.91 Å². The Kier molecular flexibility index (Phi) is 5.33. The van der Waals surface area contributed by atoms with E-state index in [9.17, 15) is 9.18 Å². The molecule has 0 atom stereocenters. The minimum atomic E-state index is -0.392. The molecule has 0 aliphatic heterocycles. The third-order valence-corrected chi connectivity index (χ3v) is 4.84. The Morgan fingerprint density at radius 2 is 1.90 bits per heavy atom. The van der Waals surface area contributed by atoms with Crippen molar-refractivity contribution < 1.29 is 9.18 Å². The monoisotopic (exact) mass is 424 g/mol. The molecule has 152 valence electrons. The third-order valence-electron chi connectivity index (χ3n) is 4.51. The number of hydrogen-bond donors (Lipinski definition) is 2. The molecule has 2 heterocycles. The molecular weight excluding hydrogens is 407 g/mol. The molecule has 4 rings (SSSR count). The van der Waals surface area contributed by atoms with E-state index in [2.05, 4.69) is 25.6 Å². The first kappa shape index (κ1) is 19.8. The Hall–Kier alpha value is -3.52. The van der Waals surface area contributed by atoms with Gasteiger partial charge in [-0.1, -0.05) is 37.6 Å². The molecule has 4 aromatic rings. The fourth-order valence-corrected chi connectivity index (χ4v) is 3.36. The predicted molar refractivity (Wildman–Crippen MR) is 112 cm³/mol. The van der Waals surface area contributed by atoms with Crippen LogP contribution in [0.1, 0.15) is 35.8 Å². The number of carbonyl (C=O) groups excluding carboxylic acids is 1. The van der Waals surface area contributed by atoms with Crippen LogP contribution in [0.2, 0.25) is 5.02 Å². The maximum Gasteiger partial charge on any atom is 0.261 e. The molecule has 9 heteroatoms. The Morgan fingerprint density at radius 3 is 2.60 bits per heavy atom. The smallest absolute Gasteiger partial charge is 0.261 e. The van der Waals surface area contributed by atoms with Crippen molar-refractivity contribution in [2.24, 2.45) is 0 Å². The summed E-state index contributed by atoms with van der Waals surface area (Å²) in [6, 6.07) is 13.1. The summed E-state index contributed by atoms with van der Waals surface area (Å²) in [6.07, 6.45) is 1.48. The average molecular weight is 425 g/mol. The van der Waals surface area contributed by atoms with Gasteiger partial charge in [-0.3, -0.25) is 15.2 Å². The summed E-state index contributed by atoms with van der Waals surface area (Å²) < 4.78 is 14.9. The van der Waals surface area contributed by atoms with Crippen LogP contribution in [0, 0.1) is 5.82 Å². The minimum Gasteiger partial charge on any atom is -0.289 e. The van der Waals surface area contributed by atoms with Crippen molar-refractivity contribution in [2.75, 3.05) is 5.32 Å². The number of amides is 1. The van der Waals surface area contributed by atoms with Crippen LogP contribution in [0.4, 0.5) is 10.3 Å². The molecule has 2 aromatic carbocycles. The number of halogens is 2. The van der Waals surface area contributed by atoms with Gasteiger partial charge in [-0.05, 0) is 42.3 Å². The van der Waals surface area contributed by atoms with E-state index in [1.807, 2.05) is 26.0 Å². The lowest BCUT2D eigenvalue weighted by molar-refractivity contribution is 0.102. The van der Waals surface area contributed by atoms with Crippen molar-refractivity contribution in [3.05, 3.63) is 76.8 Å². The Morgan fingerprint density at radius 1 is 1.17 bits per heavy atom. The lowest BCUT2D eigenvalue weighted by atomic mass is 10.1. The van der Waals surface area contributed by atoms with Crippen LogP contribution in [-0.4, -0.2) is 30.9 Å². The molecule has 0 spiro atoms. The lowest BCUT2D eigenvalue weighted by Gasteiger charge is -2.12. The van der Waals surface area contributed by atoms with Crippen molar-refractivity contribution >= 4 is 23.5 Å². The van der Waals surface area contributed by atoms with Crippen molar-refractivity contribution in [1.82, 2.24) is 25.0 Å². The quantitative estimate of drug-likeness (QED) is 0.480. The number of hydrogen-bond acceptors (Lipinski definition) is 4. The molecule has 7 nitrogen and oxygen atoms in total. The summed E-state index contributed by atoms with van der Waals surface area (Å²) in [6.45, 7) is 3.91. The summed E-state index contributed by atoms with van der Waals surface area (Å²) >= 11 is 6.19. The fourth-order valence-electron chi connectivity index (χ4n) is 3.14. The number of nitrogens with zero attached hydrogens (tertiary/aromatic N) is 4. The highest BCUT2D eigenvalue weighted by Crippen LogP contribution is 2.26. The zero-order valence-electron chi connectivity index (χ0n) is 16.2. The molecule has 0 unspecified atom stereocenters. The number of anilines is 1. The molecule has 2 N–H and O–H groups in total. The standard InChI is InChI=1S/C21H18ClFN6O/c1-12(2)18-16(11-24-29(18)14-9-7-13(23)8-10-14)20(30)26-21-25-19(27-28-21)15-5-3-4-6-17(15)22/h3-12H,1-2H3,(H2,25,26,27,28,30). The number of nitrogens with one attached hydrogen (secondary N) is 2. The number of carbonyl (C=O) groups is 1. The molecule has 30 heavy (non-hydrogen) atoms. The maximum atomic E-state index is 13.3. The van der Waals surface area contributed by atoms with Crippen LogP contribution in [0.25, 0.3) is 17.1 Å². The molecule has 0 fully saturated rings. The minimum absolute atomic E-state index is 0.0101. The molecule has 0 bridgehead atoms. The number of benzene rings is 2. The molecule has 2 aromatic heterocycles. The Balaban J connectivity index is 1.61. The van der Waals surface area contributed by atoms with E-state index in [0.717, 1.165) is 0 Å². The van der Waals surface area contributed by atoms with Crippen molar-refractivity contribution in [2.45, 2.75) is 19.8 Å². The first-order valence-corrected chi connectivity index (χ1v) is 9.64. The molecule has 0 aliphatic carbocycles. The number of aromatic nitrogens is 5. The number of rotatable bonds is 5. The van der Waals surface area contributed by atoms with Crippen LogP contribution in [0.15, 0.2) is 54.7 Å². The van der Waals surface area contributed by atoms with Gasteiger partial charge < -0.3 is 0 Å². The van der Waals surface area contributed by atoms with Gasteiger partial charge >= 0.3 is 0 Å². The van der Waals surface area contributed by atoms with Gasteiger partial charge in [-0.2, -0.15) is 10.1 Å². The summed E-state index contributed by atoms with van der Waals surface area (Å²) in [5.74, 6) is -0.170. The Bertz CT molecular complexity index is 1200. The fraction of sp³-hybridized carbons (Fsp3) is 0.143. The predicted octanol–water partition coefficient (Wildman–Crippen LogP) is 4.83. The van der Waals surface area contributed by atoms with E-state index < -0.39 is 5.91 Å².